The lowest BCUT2D eigenvalue weighted by molar-refractivity contribution is -0.133. The van der Waals surface area contributed by atoms with Crippen LogP contribution in [0.3, 0.4) is 0 Å². The summed E-state index contributed by atoms with van der Waals surface area (Å²) in [5.74, 6) is -1.95. The van der Waals surface area contributed by atoms with Gasteiger partial charge in [0, 0.05) is 12.5 Å². The highest BCUT2D eigenvalue weighted by atomic mass is 19.1. The van der Waals surface area contributed by atoms with Crippen LogP contribution in [0.15, 0.2) is 41.0 Å². The van der Waals surface area contributed by atoms with Crippen LogP contribution < -0.4 is 20.9 Å². The Morgan fingerprint density at radius 1 is 1.14 bits per heavy atom. The first kappa shape index (κ1) is 26.4. The van der Waals surface area contributed by atoms with Crippen LogP contribution in [0.5, 0.6) is 0 Å². The first-order valence-corrected chi connectivity index (χ1v) is 12.7. The molecule has 10 heteroatoms. The molecule has 2 aliphatic rings. The third-order valence-corrected chi connectivity index (χ3v) is 7.05. The molecular weight excluding hydrogens is 479 g/mol. The lowest BCUT2D eigenvalue weighted by atomic mass is 9.80. The van der Waals surface area contributed by atoms with Crippen LogP contribution in [0.4, 0.5) is 15.8 Å². The zero-order chi connectivity index (χ0) is 26.6. The molecule has 0 bridgehead atoms. The van der Waals surface area contributed by atoms with Gasteiger partial charge in [0.15, 0.2) is 11.5 Å². The van der Waals surface area contributed by atoms with Crippen molar-refractivity contribution >= 4 is 34.9 Å². The molecule has 0 radical (unpaired) electrons. The summed E-state index contributed by atoms with van der Waals surface area (Å²) in [6, 6.07) is 6.50. The number of Topliss-reactive ketones (excluding diaryl/α,β-unsaturated/α-hetero) is 1. The average molecular weight is 513 g/mol. The van der Waals surface area contributed by atoms with Crippen molar-refractivity contribution in [3.8, 4) is 0 Å². The zero-order valence-corrected chi connectivity index (χ0v) is 21.1. The van der Waals surface area contributed by atoms with Crippen LogP contribution in [-0.2, 0) is 14.4 Å². The van der Waals surface area contributed by atoms with Gasteiger partial charge in [0.2, 0.25) is 11.8 Å². The molecule has 1 unspecified atom stereocenters. The number of carbonyl (C=O) groups excluding carboxylic acids is 4. The van der Waals surface area contributed by atoms with Crippen molar-refractivity contribution in [3.63, 3.8) is 0 Å². The predicted octanol–water partition coefficient (Wildman–Crippen LogP) is 3.41. The Kier molecular flexibility index (Phi) is 7.94. The third-order valence-electron chi connectivity index (χ3n) is 7.05. The van der Waals surface area contributed by atoms with Gasteiger partial charge in [0.1, 0.15) is 11.4 Å². The lowest BCUT2D eigenvalue weighted by Crippen LogP contribution is -2.63. The second-order valence-electron chi connectivity index (χ2n) is 10.1. The summed E-state index contributed by atoms with van der Waals surface area (Å²) >= 11 is 0. The van der Waals surface area contributed by atoms with E-state index in [-0.39, 0.29) is 35.8 Å². The number of anilines is 2. The highest BCUT2D eigenvalue weighted by Gasteiger charge is 2.43. The number of amides is 3. The van der Waals surface area contributed by atoms with E-state index in [1.807, 2.05) is 0 Å². The number of benzene rings is 1. The van der Waals surface area contributed by atoms with Gasteiger partial charge < -0.3 is 25.3 Å². The number of hydrogen-bond acceptors (Lipinski definition) is 6. The van der Waals surface area contributed by atoms with E-state index in [4.69, 9.17) is 4.42 Å². The van der Waals surface area contributed by atoms with Crippen LogP contribution in [0.25, 0.3) is 0 Å². The number of nitrogens with zero attached hydrogens (tertiary/aromatic N) is 1. The summed E-state index contributed by atoms with van der Waals surface area (Å²) in [6.07, 6.45) is 5.23. The lowest BCUT2D eigenvalue weighted by Gasteiger charge is -2.39. The number of halogens is 1. The Labute approximate surface area is 215 Å². The van der Waals surface area contributed by atoms with Crippen molar-refractivity contribution in [2.24, 2.45) is 5.92 Å². The van der Waals surface area contributed by atoms with E-state index in [0.717, 1.165) is 19.3 Å². The van der Waals surface area contributed by atoms with Crippen molar-refractivity contribution in [2.75, 3.05) is 23.3 Å². The van der Waals surface area contributed by atoms with Gasteiger partial charge >= 0.3 is 0 Å². The Morgan fingerprint density at radius 2 is 1.89 bits per heavy atom. The van der Waals surface area contributed by atoms with Crippen molar-refractivity contribution in [1.29, 1.82) is 0 Å². The summed E-state index contributed by atoms with van der Waals surface area (Å²) < 4.78 is 19.1. The number of hydrogen-bond donors (Lipinski definition) is 3. The minimum absolute atomic E-state index is 0.00706. The maximum Gasteiger partial charge on any atom is 0.287 e. The van der Waals surface area contributed by atoms with Crippen molar-refractivity contribution in [3.05, 3.63) is 48.2 Å². The number of carbonyl (C=O) groups is 4. The van der Waals surface area contributed by atoms with Gasteiger partial charge in [-0.2, -0.15) is 0 Å². The van der Waals surface area contributed by atoms with Gasteiger partial charge in [-0.25, -0.2) is 4.39 Å². The Morgan fingerprint density at radius 3 is 2.54 bits per heavy atom. The average Bonchev–Trinajstić information content (AvgIpc) is 3.41. The first-order chi connectivity index (χ1) is 17.7. The van der Waals surface area contributed by atoms with E-state index in [1.165, 1.54) is 24.5 Å². The number of furan rings is 1. The molecule has 1 aromatic carbocycles. The second-order valence-corrected chi connectivity index (χ2v) is 10.1. The molecule has 1 aliphatic carbocycles. The van der Waals surface area contributed by atoms with Crippen molar-refractivity contribution in [1.82, 2.24) is 10.6 Å². The number of piperidine rings is 1. The van der Waals surface area contributed by atoms with Crippen molar-refractivity contribution < 1.29 is 28.0 Å². The molecule has 1 saturated heterocycles. The molecule has 1 atom stereocenters. The number of nitrogens with one attached hydrogen (secondary N) is 3. The number of rotatable bonds is 7. The minimum Gasteiger partial charge on any atom is -0.459 e. The normalized spacial score (nSPS) is 19.4. The summed E-state index contributed by atoms with van der Waals surface area (Å²) in [5, 5.41) is 8.49. The Bertz CT molecular complexity index is 1160. The third kappa shape index (κ3) is 6.00. The van der Waals surface area contributed by atoms with E-state index in [0.29, 0.717) is 37.2 Å². The fourth-order valence-corrected chi connectivity index (χ4v) is 4.89. The van der Waals surface area contributed by atoms with Gasteiger partial charge in [0.25, 0.3) is 5.91 Å². The van der Waals surface area contributed by atoms with Crippen molar-refractivity contribution in [2.45, 2.75) is 64.0 Å². The number of ketones is 1. The Hall–Kier alpha value is -3.69. The fraction of sp³-hybridized carbons (Fsp3) is 0.481. The van der Waals surface area contributed by atoms with E-state index >= 15 is 0 Å². The summed E-state index contributed by atoms with van der Waals surface area (Å²) in [7, 11) is 0. The second kappa shape index (κ2) is 11.1. The largest absolute Gasteiger partial charge is 0.459 e. The molecule has 9 nitrogen and oxygen atoms in total. The van der Waals surface area contributed by atoms with E-state index in [2.05, 4.69) is 16.0 Å². The summed E-state index contributed by atoms with van der Waals surface area (Å²) in [6.45, 7) is 3.88. The van der Waals surface area contributed by atoms with Crippen LogP contribution in [-0.4, -0.2) is 48.2 Å². The molecule has 2 aromatic rings. The SMILES string of the molecule is CC(C)C(=O)Nc1cc(F)ccc1N1CCC(NC(=O)C2(NC(=O)c3ccco3)CCCCC2)C(=O)C1. The smallest absolute Gasteiger partial charge is 0.287 e. The standard InChI is InChI=1S/C27H33FN4O5/c1-17(2)24(34)29-20-15-18(28)8-9-21(20)32-13-10-19(22(33)16-32)30-26(36)27(11-4-3-5-12-27)31-25(35)23-7-6-14-37-23/h6-9,14-15,17,19H,3-5,10-13,16H2,1-2H3,(H,29,34)(H,30,36)(H,31,35). The van der Waals surface area contributed by atoms with E-state index in [9.17, 15) is 23.6 Å². The highest BCUT2D eigenvalue weighted by molar-refractivity contribution is 6.01. The molecule has 1 saturated carbocycles. The molecular formula is C27H33FN4O5. The zero-order valence-electron chi connectivity index (χ0n) is 21.1. The van der Waals surface area contributed by atoms with E-state index < -0.39 is 23.3 Å². The molecule has 2 fully saturated rings. The van der Waals surface area contributed by atoms with Crippen LogP contribution in [0.1, 0.15) is 62.9 Å². The van der Waals surface area contributed by atoms with Gasteiger partial charge in [-0.1, -0.05) is 33.1 Å². The molecule has 3 amide bonds. The molecule has 3 N–H and O–H groups in total. The molecule has 2 heterocycles. The molecule has 0 spiro atoms. The molecule has 1 aromatic heterocycles. The van der Waals surface area contributed by atoms with Crippen LogP contribution >= 0.6 is 0 Å². The first-order valence-electron chi connectivity index (χ1n) is 12.7. The van der Waals surface area contributed by atoms with Gasteiger partial charge in [-0.3, -0.25) is 19.2 Å². The summed E-state index contributed by atoms with van der Waals surface area (Å²) in [4.78, 5) is 53.3. The highest BCUT2D eigenvalue weighted by Crippen LogP contribution is 2.31. The molecule has 37 heavy (non-hydrogen) atoms. The fourth-order valence-electron chi connectivity index (χ4n) is 4.89. The molecule has 1 aliphatic heterocycles. The monoisotopic (exact) mass is 512 g/mol. The minimum atomic E-state index is -1.11. The van der Waals surface area contributed by atoms with Crippen LogP contribution in [0.2, 0.25) is 0 Å². The van der Waals surface area contributed by atoms with Crippen LogP contribution in [0, 0.1) is 11.7 Å². The van der Waals surface area contributed by atoms with E-state index in [1.54, 1.807) is 30.9 Å². The quantitative estimate of drug-likeness (QED) is 0.523. The topological polar surface area (TPSA) is 121 Å². The maximum absolute atomic E-state index is 13.9. The Balaban J connectivity index is 1.44. The summed E-state index contributed by atoms with van der Waals surface area (Å²) in [5.41, 5.74) is -0.260. The van der Waals surface area contributed by atoms with Gasteiger partial charge in [0.05, 0.1) is 30.2 Å². The van der Waals surface area contributed by atoms with Gasteiger partial charge in [-0.05, 0) is 49.6 Å². The predicted molar refractivity (Wildman–Crippen MR) is 136 cm³/mol. The molecule has 4 rings (SSSR count). The van der Waals surface area contributed by atoms with Gasteiger partial charge in [-0.15, -0.1) is 0 Å². The maximum atomic E-state index is 13.9. The molecule has 198 valence electrons.